The molecular formula is C7H11N4O5+. The minimum atomic E-state index is -1.34. The molecule has 9 nitrogen and oxygen atoms in total. The summed E-state index contributed by atoms with van der Waals surface area (Å²) in [6.07, 6.45) is 0. The van der Waals surface area contributed by atoms with Crippen LogP contribution >= 0.6 is 0 Å². The van der Waals surface area contributed by atoms with E-state index < -0.39 is 35.1 Å². The Morgan fingerprint density at radius 3 is 2.56 bits per heavy atom. The van der Waals surface area contributed by atoms with Gasteiger partial charge >= 0.3 is 24.1 Å². The number of likely N-dealkylation sites (N-methyl/N-ethyl adjacent to an activating group) is 1. The van der Waals surface area contributed by atoms with Gasteiger partial charge in [0, 0.05) is 0 Å². The Hall–Kier alpha value is -2.16. The fraction of sp³-hybridized carbons (Fsp3) is 0.429. The van der Waals surface area contributed by atoms with E-state index >= 15 is 0 Å². The standard InChI is InChI=1S/C7H10N4O5/c1-11(2-4(12)13)6(15)9-3-10(5(8)14)7(11)16/h2-3H2,1H3,(H3-,8,9,12,13,14,15)/p+1. The van der Waals surface area contributed by atoms with E-state index in [0.29, 0.717) is 4.90 Å². The molecule has 0 aromatic rings. The number of imide groups is 2. The Kier molecular flexibility index (Phi) is 2.81. The number of amides is 6. The number of aliphatic carboxylic acids is 1. The first-order valence-electron chi connectivity index (χ1n) is 4.26. The fourth-order valence-electron chi connectivity index (χ4n) is 1.32. The Morgan fingerprint density at radius 2 is 2.12 bits per heavy atom. The Morgan fingerprint density at radius 1 is 1.56 bits per heavy atom. The van der Waals surface area contributed by atoms with Crippen LogP contribution in [-0.4, -0.2) is 58.8 Å². The second-order valence-electron chi connectivity index (χ2n) is 3.43. The van der Waals surface area contributed by atoms with Crippen molar-refractivity contribution in [3.63, 3.8) is 0 Å². The number of quaternary nitrogens is 1. The summed E-state index contributed by atoms with van der Waals surface area (Å²) < 4.78 is -1.07. The SMILES string of the molecule is C[N+]1(CC(=O)O)C(=O)NCN(C(N)=O)C1=O. The predicted octanol–water partition coefficient (Wildman–Crippen LogP) is -1.30. The summed E-state index contributed by atoms with van der Waals surface area (Å²) in [6, 6.07) is -2.79. The van der Waals surface area contributed by atoms with Gasteiger partial charge in [-0.1, -0.05) is 0 Å². The maximum atomic E-state index is 11.7. The topological polar surface area (TPSA) is 130 Å². The number of hydrogen-bond donors (Lipinski definition) is 3. The van der Waals surface area contributed by atoms with Crippen LogP contribution in [0.4, 0.5) is 14.4 Å². The second-order valence-corrected chi connectivity index (χ2v) is 3.43. The second kappa shape index (κ2) is 3.77. The lowest BCUT2D eigenvalue weighted by Gasteiger charge is -2.35. The lowest BCUT2D eigenvalue weighted by Crippen LogP contribution is -2.71. The van der Waals surface area contributed by atoms with Crippen LogP contribution in [0.2, 0.25) is 0 Å². The molecule has 1 aliphatic rings. The number of nitrogens with one attached hydrogen (secondary N) is 1. The summed E-state index contributed by atoms with van der Waals surface area (Å²) in [4.78, 5) is 45.1. The number of urea groups is 3. The maximum absolute atomic E-state index is 11.7. The molecule has 1 unspecified atom stereocenters. The Labute approximate surface area is 90.0 Å². The van der Waals surface area contributed by atoms with E-state index in [1.807, 2.05) is 0 Å². The number of primary amides is 1. The van der Waals surface area contributed by atoms with Gasteiger partial charge in [-0.05, 0) is 0 Å². The zero-order chi connectivity index (χ0) is 12.5. The molecule has 0 bridgehead atoms. The molecule has 1 aliphatic heterocycles. The van der Waals surface area contributed by atoms with Crippen LogP contribution in [0.25, 0.3) is 0 Å². The summed E-state index contributed by atoms with van der Waals surface area (Å²) in [5.41, 5.74) is 4.91. The number of carboxylic acid groups (broad SMARTS) is 1. The zero-order valence-corrected chi connectivity index (χ0v) is 8.47. The Balaban J connectivity index is 3.04. The number of carboxylic acids is 1. The van der Waals surface area contributed by atoms with Crippen molar-refractivity contribution in [2.75, 3.05) is 20.3 Å². The van der Waals surface area contributed by atoms with E-state index in [4.69, 9.17) is 10.8 Å². The number of nitrogens with two attached hydrogens (primary N) is 1. The van der Waals surface area contributed by atoms with Crippen LogP contribution in [-0.2, 0) is 4.79 Å². The van der Waals surface area contributed by atoms with Gasteiger partial charge in [0.15, 0.2) is 6.54 Å². The minimum Gasteiger partial charge on any atom is -0.477 e. The van der Waals surface area contributed by atoms with Crippen molar-refractivity contribution in [2.45, 2.75) is 0 Å². The van der Waals surface area contributed by atoms with Gasteiger partial charge in [0.2, 0.25) is 0 Å². The van der Waals surface area contributed by atoms with Crippen molar-refractivity contribution < 1.29 is 28.8 Å². The third-order valence-corrected chi connectivity index (χ3v) is 2.21. The van der Waals surface area contributed by atoms with Crippen molar-refractivity contribution in [1.29, 1.82) is 0 Å². The molecule has 0 radical (unpaired) electrons. The summed E-state index contributed by atoms with van der Waals surface area (Å²) in [5, 5.41) is 10.8. The molecule has 1 atom stereocenters. The molecule has 0 aromatic heterocycles. The first-order chi connectivity index (χ1) is 7.29. The highest BCUT2D eigenvalue weighted by Crippen LogP contribution is 2.13. The van der Waals surface area contributed by atoms with Crippen molar-refractivity contribution in [3.8, 4) is 0 Å². The molecule has 0 spiro atoms. The molecule has 1 fully saturated rings. The van der Waals surface area contributed by atoms with Crippen molar-refractivity contribution >= 4 is 24.1 Å². The van der Waals surface area contributed by atoms with Gasteiger partial charge in [0.05, 0.1) is 7.05 Å². The Bertz CT molecular complexity index is 381. The number of carbonyl (C=O) groups is 4. The molecule has 1 heterocycles. The maximum Gasteiger partial charge on any atom is 0.438 e. The third kappa shape index (κ3) is 1.80. The van der Waals surface area contributed by atoms with Gasteiger partial charge in [-0.2, -0.15) is 9.38 Å². The minimum absolute atomic E-state index is 0.347. The highest BCUT2D eigenvalue weighted by Gasteiger charge is 2.50. The average Bonchev–Trinajstić information content (AvgIpc) is 2.13. The first kappa shape index (κ1) is 11.9. The van der Waals surface area contributed by atoms with Gasteiger partial charge in [-0.25, -0.2) is 19.2 Å². The van der Waals surface area contributed by atoms with Gasteiger partial charge in [-0.15, -0.1) is 0 Å². The monoisotopic (exact) mass is 231 g/mol. The molecule has 16 heavy (non-hydrogen) atoms. The van der Waals surface area contributed by atoms with Crippen molar-refractivity contribution in [3.05, 3.63) is 0 Å². The summed E-state index contributed by atoms with van der Waals surface area (Å²) >= 11 is 0. The summed E-state index contributed by atoms with van der Waals surface area (Å²) in [7, 11) is 1.10. The first-order valence-corrected chi connectivity index (χ1v) is 4.26. The molecule has 1 saturated heterocycles. The number of nitrogens with zero attached hydrogens (tertiary/aromatic N) is 2. The average molecular weight is 231 g/mol. The molecule has 88 valence electrons. The normalized spacial score (nSPS) is 25.2. The van der Waals surface area contributed by atoms with E-state index in [9.17, 15) is 19.2 Å². The predicted molar refractivity (Wildman–Crippen MR) is 48.9 cm³/mol. The smallest absolute Gasteiger partial charge is 0.438 e. The summed E-state index contributed by atoms with van der Waals surface area (Å²) in [6.45, 7) is -1.10. The van der Waals surface area contributed by atoms with Crippen molar-refractivity contribution in [2.24, 2.45) is 5.73 Å². The lowest BCUT2D eigenvalue weighted by molar-refractivity contribution is -0.745. The van der Waals surface area contributed by atoms with Gasteiger partial charge in [0.25, 0.3) is 0 Å². The van der Waals surface area contributed by atoms with E-state index in [0.717, 1.165) is 7.05 Å². The highest BCUT2D eigenvalue weighted by atomic mass is 16.4. The molecule has 0 aromatic carbocycles. The van der Waals surface area contributed by atoms with Crippen LogP contribution < -0.4 is 11.1 Å². The van der Waals surface area contributed by atoms with Crippen molar-refractivity contribution in [1.82, 2.24) is 10.2 Å². The molecule has 0 saturated carbocycles. The van der Waals surface area contributed by atoms with Crippen LogP contribution in [0, 0.1) is 0 Å². The van der Waals surface area contributed by atoms with E-state index in [2.05, 4.69) is 5.32 Å². The van der Waals surface area contributed by atoms with E-state index in [1.165, 1.54) is 0 Å². The van der Waals surface area contributed by atoms with E-state index in [1.54, 1.807) is 0 Å². The molecule has 0 aliphatic carbocycles. The third-order valence-electron chi connectivity index (χ3n) is 2.21. The van der Waals surface area contributed by atoms with Crippen LogP contribution in [0.15, 0.2) is 0 Å². The molecule has 4 N–H and O–H groups in total. The lowest BCUT2D eigenvalue weighted by atomic mass is 10.4. The fourth-order valence-corrected chi connectivity index (χ4v) is 1.32. The molecule has 6 amide bonds. The largest absolute Gasteiger partial charge is 0.477 e. The van der Waals surface area contributed by atoms with Crippen LogP contribution in [0.1, 0.15) is 0 Å². The van der Waals surface area contributed by atoms with Gasteiger partial charge in [0.1, 0.15) is 6.67 Å². The molecule has 9 heteroatoms. The molecule has 1 rings (SSSR count). The number of rotatable bonds is 2. The van der Waals surface area contributed by atoms with E-state index in [-0.39, 0.29) is 6.67 Å². The molecular weight excluding hydrogens is 220 g/mol. The summed E-state index contributed by atoms with van der Waals surface area (Å²) in [5.74, 6) is -1.34. The van der Waals surface area contributed by atoms with Crippen LogP contribution in [0.3, 0.4) is 0 Å². The number of carbonyl (C=O) groups excluding carboxylic acids is 3. The number of hydrogen-bond acceptors (Lipinski definition) is 4. The highest BCUT2D eigenvalue weighted by molar-refractivity contribution is 5.96. The van der Waals surface area contributed by atoms with Gasteiger partial charge < -0.3 is 10.8 Å². The van der Waals surface area contributed by atoms with Crippen LogP contribution in [0.5, 0.6) is 0 Å². The van der Waals surface area contributed by atoms with Gasteiger partial charge in [-0.3, -0.25) is 5.32 Å². The zero-order valence-electron chi connectivity index (χ0n) is 8.47. The quantitative estimate of drug-likeness (QED) is 0.508.